The van der Waals surface area contributed by atoms with Gasteiger partial charge in [0.2, 0.25) is 5.91 Å². The Morgan fingerprint density at radius 3 is 2.33 bits per heavy atom. The summed E-state index contributed by atoms with van der Waals surface area (Å²) >= 11 is 1.58. The molecule has 0 aliphatic carbocycles. The number of hydrogen-bond acceptors (Lipinski definition) is 2. The van der Waals surface area contributed by atoms with Crippen molar-refractivity contribution in [2.45, 2.75) is 24.0 Å². The van der Waals surface area contributed by atoms with Gasteiger partial charge in [-0.25, -0.2) is 4.39 Å². The van der Waals surface area contributed by atoms with Crippen molar-refractivity contribution >= 4 is 17.7 Å². The summed E-state index contributed by atoms with van der Waals surface area (Å²) < 4.78 is 51.2. The molecule has 0 bridgehead atoms. The third kappa shape index (κ3) is 5.26. The molecule has 1 amide bonds. The number of carbonyl (C=O) groups excluding carboxylic acids is 1. The summed E-state index contributed by atoms with van der Waals surface area (Å²) in [6, 6.07) is 9.63. The van der Waals surface area contributed by atoms with Gasteiger partial charge in [0.1, 0.15) is 5.82 Å². The first-order valence-electron chi connectivity index (χ1n) is 7.04. The zero-order valence-electron chi connectivity index (χ0n) is 12.8. The SMILES string of the molecule is CSc1ccc(CC(=O)NCc2cc(F)cc(C(F)(F)F)c2)cc1. The van der Waals surface area contributed by atoms with Crippen molar-refractivity contribution in [2.24, 2.45) is 0 Å². The number of amides is 1. The lowest BCUT2D eigenvalue weighted by Crippen LogP contribution is -2.24. The van der Waals surface area contributed by atoms with Crippen LogP contribution in [0.1, 0.15) is 16.7 Å². The van der Waals surface area contributed by atoms with Crippen molar-refractivity contribution < 1.29 is 22.4 Å². The Labute approximate surface area is 141 Å². The largest absolute Gasteiger partial charge is 0.416 e. The molecule has 7 heteroatoms. The highest BCUT2D eigenvalue weighted by Gasteiger charge is 2.31. The molecular formula is C17H15F4NOS. The molecule has 0 aliphatic rings. The van der Waals surface area contributed by atoms with Crippen LogP contribution in [0.15, 0.2) is 47.4 Å². The van der Waals surface area contributed by atoms with Crippen LogP contribution in [0.2, 0.25) is 0 Å². The first kappa shape index (κ1) is 18.3. The monoisotopic (exact) mass is 357 g/mol. The first-order valence-corrected chi connectivity index (χ1v) is 8.26. The number of hydrogen-bond donors (Lipinski definition) is 1. The quantitative estimate of drug-likeness (QED) is 0.634. The molecule has 0 spiro atoms. The molecular weight excluding hydrogens is 342 g/mol. The van der Waals surface area contributed by atoms with Gasteiger partial charge in [-0.05, 0) is 47.7 Å². The van der Waals surface area contributed by atoms with Gasteiger partial charge >= 0.3 is 6.18 Å². The first-order chi connectivity index (χ1) is 11.3. The average Bonchev–Trinajstić information content (AvgIpc) is 2.52. The zero-order chi connectivity index (χ0) is 17.7. The molecule has 0 saturated heterocycles. The summed E-state index contributed by atoms with van der Waals surface area (Å²) in [4.78, 5) is 12.9. The van der Waals surface area contributed by atoms with Crippen molar-refractivity contribution in [1.82, 2.24) is 5.32 Å². The van der Waals surface area contributed by atoms with Crippen molar-refractivity contribution in [3.8, 4) is 0 Å². The van der Waals surface area contributed by atoms with E-state index in [2.05, 4.69) is 5.32 Å². The van der Waals surface area contributed by atoms with E-state index in [4.69, 9.17) is 0 Å². The van der Waals surface area contributed by atoms with Gasteiger partial charge in [-0.3, -0.25) is 4.79 Å². The van der Waals surface area contributed by atoms with E-state index < -0.39 is 17.6 Å². The molecule has 0 saturated carbocycles. The number of nitrogens with one attached hydrogen (secondary N) is 1. The molecule has 0 unspecified atom stereocenters. The predicted octanol–water partition coefficient (Wildman–Crippen LogP) is 4.43. The Hall–Kier alpha value is -2.02. The summed E-state index contributed by atoms with van der Waals surface area (Å²) in [6.45, 7) is -0.164. The van der Waals surface area contributed by atoms with Gasteiger partial charge in [0.05, 0.1) is 12.0 Å². The maximum Gasteiger partial charge on any atom is 0.416 e. The standard InChI is InChI=1S/C17H15F4NOS/c1-24-15-4-2-11(3-5-15)8-16(23)22-10-12-6-13(17(19,20)21)9-14(18)7-12/h2-7,9H,8,10H2,1H3,(H,22,23). The fraction of sp³-hybridized carbons (Fsp3) is 0.235. The molecule has 0 radical (unpaired) electrons. The van der Waals surface area contributed by atoms with Crippen LogP contribution < -0.4 is 5.32 Å². The van der Waals surface area contributed by atoms with Gasteiger partial charge < -0.3 is 5.32 Å². The second kappa shape index (κ2) is 7.70. The van der Waals surface area contributed by atoms with E-state index in [-0.39, 0.29) is 24.4 Å². The Morgan fingerprint density at radius 2 is 1.75 bits per heavy atom. The van der Waals surface area contributed by atoms with Gasteiger partial charge in [0.15, 0.2) is 0 Å². The van der Waals surface area contributed by atoms with E-state index in [1.165, 1.54) is 0 Å². The predicted molar refractivity (Wildman–Crippen MR) is 85.2 cm³/mol. The van der Waals surface area contributed by atoms with Gasteiger partial charge in [0.25, 0.3) is 0 Å². The summed E-state index contributed by atoms with van der Waals surface area (Å²) in [6.07, 6.45) is -2.58. The highest BCUT2D eigenvalue weighted by Crippen LogP contribution is 2.30. The van der Waals surface area contributed by atoms with E-state index in [1.54, 1.807) is 11.8 Å². The molecule has 2 rings (SSSR count). The molecule has 2 aromatic carbocycles. The van der Waals surface area contributed by atoms with Crippen LogP contribution in [0.3, 0.4) is 0 Å². The van der Waals surface area contributed by atoms with Crippen molar-refractivity contribution in [1.29, 1.82) is 0 Å². The molecule has 2 aromatic rings. The minimum Gasteiger partial charge on any atom is -0.352 e. The van der Waals surface area contributed by atoms with Crippen LogP contribution in [0.25, 0.3) is 0 Å². The van der Waals surface area contributed by atoms with Crippen LogP contribution in [0, 0.1) is 5.82 Å². The Balaban J connectivity index is 1.97. The summed E-state index contributed by atoms with van der Waals surface area (Å²) in [5.41, 5.74) is -0.215. The van der Waals surface area contributed by atoms with E-state index in [0.717, 1.165) is 22.6 Å². The number of benzene rings is 2. The van der Waals surface area contributed by atoms with Gasteiger partial charge in [0, 0.05) is 11.4 Å². The summed E-state index contributed by atoms with van der Waals surface area (Å²) in [5, 5.41) is 2.50. The molecule has 0 atom stereocenters. The Morgan fingerprint density at radius 1 is 1.08 bits per heavy atom. The van der Waals surface area contributed by atoms with E-state index in [1.807, 2.05) is 30.5 Å². The third-order valence-corrected chi connectivity index (χ3v) is 4.04. The highest BCUT2D eigenvalue weighted by molar-refractivity contribution is 7.98. The van der Waals surface area contributed by atoms with Crippen LogP contribution >= 0.6 is 11.8 Å². The number of carbonyl (C=O) groups is 1. The maximum atomic E-state index is 13.3. The van der Waals surface area contributed by atoms with Gasteiger partial charge in [-0.15, -0.1) is 11.8 Å². The van der Waals surface area contributed by atoms with Crippen LogP contribution in [-0.4, -0.2) is 12.2 Å². The van der Waals surface area contributed by atoms with Gasteiger partial charge in [-0.1, -0.05) is 12.1 Å². The molecule has 24 heavy (non-hydrogen) atoms. The highest BCUT2D eigenvalue weighted by atomic mass is 32.2. The zero-order valence-corrected chi connectivity index (χ0v) is 13.6. The number of rotatable bonds is 5. The molecule has 0 fully saturated rings. The molecule has 0 aromatic heterocycles. The van der Waals surface area contributed by atoms with Crippen molar-refractivity contribution in [3.63, 3.8) is 0 Å². The molecule has 0 aliphatic heterocycles. The molecule has 128 valence electrons. The minimum atomic E-state index is -4.63. The molecule has 1 N–H and O–H groups in total. The lowest BCUT2D eigenvalue weighted by Gasteiger charge is -2.10. The van der Waals surface area contributed by atoms with E-state index in [9.17, 15) is 22.4 Å². The summed E-state index contributed by atoms with van der Waals surface area (Å²) in [7, 11) is 0. The second-order valence-corrected chi connectivity index (χ2v) is 6.03. The van der Waals surface area contributed by atoms with E-state index in [0.29, 0.717) is 6.07 Å². The van der Waals surface area contributed by atoms with Gasteiger partial charge in [-0.2, -0.15) is 13.2 Å². The Bertz CT molecular complexity index is 714. The van der Waals surface area contributed by atoms with Crippen LogP contribution in [0.4, 0.5) is 17.6 Å². The fourth-order valence-corrected chi connectivity index (χ4v) is 2.52. The minimum absolute atomic E-state index is 0.0633. The topological polar surface area (TPSA) is 29.1 Å². The maximum absolute atomic E-state index is 13.3. The van der Waals surface area contributed by atoms with Crippen LogP contribution in [0.5, 0.6) is 0 Å². The van der Waals surface area contributed by atoms with Crippen molar-refractivity contribution in [3.05, 3.63) is 65.0 Å². The van der Waals surface area contributed by atoms with E-state index >= 15 is 0 Å². The smallest absolute Gasteiger partial charge is 0.352 e. The normalized spacial score (nSPS) is 11.4. The number of thioether (sulfide) groups is 1. The third-order valence-electron chi connectivity index (χ3n) is 3.30. The Kier molecular flexibility index (Phi) is 5.88. The molecule has 0 heterocycles. The fourth-order valence-electron chi connectivity index (χ4n) is 2.11. The average molecular weight is 357 g/mol. The summed E-state index contributed by atoms with van der Waals surface area (Å²) in [5.74, 6) is -1.33. The second-order valence-electron chi connectivity index (χ2n) is 5.15. The molecule has 2 nitrogen and oxygen atoms in total. The number of alkyl halides is 3. The lowest BCUT2D eigenvalue weighted by atomic mass is 10.1. The number of halogens is 4. The van der Waals surface area contributed by atoms with Crippen molar-refractivity contribution in [2.75, 3.05) is 6.26 Å². The lowest BCUT2D eigenvalue weighted by molar-refractivity contribution is -0.137. The van der Waals surface area contributed by atoms with Crippen LogP contribution in [-0.2, 0) is 23.9 Å².